The second-order valence-electron chi connectivity index (χ2n) is 16.8. The highest BCUT2D eigenvalue weighted by atomic mass is 28.3. The Morgan fingerprint density at radius 3 is 1.58 bits per heavy atom. The molecule has 1 nitrogen and oxygen atoms in total. The fraction of sp³-hybridized carbons (Fsp3) is 0.333. The van der Waals surface area contributed by atoms with E-state index >= 15 is 0 Å². The van der Waals surface area contributed by atoms with E-state index in [2.05, 4.69) is 172 Å². The Bertz CT molecular complexity index is 1950. The summed E-state index contributed by atoms with van der Waals surface area (Å²) < 4.78 is 6.80. The van der Waals surface area contributed by atoms with Gasteiger partial charge >= 0.3 is 0 Å². The van der Waals surface area contributed by atoms with Crippen LogP contribution in [-0.2, 0) is 23.7 Å². The van der Waals surface area contributed by atoms with Crippen LogP contribution >= 0.6 is 0 Å². The third kappa shape index (κ3) is 6.44. The van der Waals surface area contributed by atoms with Gasteiger partial charge in [-0.15, -0.1) is 0 Å². The second kappa shape index (κ2) is 13.5. The molecule has 0 N–H and O–H groups in total. The minimum Gasteiger partial charge on any atom is -0.489 e. The summed E-state index contributed by atoms with van der Waals surface area (Å²) in [6.07, 6.45) is 3.91. The van der Waals surface area contributed by atoms with Crippen molar-refractivity contribution in [1.82, 2.24) is 0 Å². The van der Waals surface area contributed by atoms with Gasteiger partial charge in [-0.1, -0.05) is 178 Å². The van der Waals surface area contributed by atoms with E-state index in [0.29, 0.717) is 6.61 Å². The van der Waals surface area contributed by atoms with Gasteiger partial charge in [0.25, 0.3) is 0 Å². The zero-order valence-electron chi connectivity index (χ0n) is 32.1. The Morgan fingerprint density at radius 2 is 1.14 bits per heavy atom. The minimum atomic E-state index is -2.41. The zero-order valence-corrected chi connectivity index (χ0v) is 33.1. The third-order valence-electron chi connectivity index (χ3n) is 11.0. The molecule has 6 rings (SSSR count). The lowest BCUT2D eigenvalue weighted by molar-refractivity contribution is 0.353. The topological polar surface area (TPSA) is 9.23 Å². The summed E-state index contributed by atoms with van der Waals surface area (Å²) in [4.78, 5) is 0. The average Bonchev–Trinajstić information content (AvgIpc) is 3.43. The molecule has 258 valence electrons. The van der Waals surface area contributed by atoms with E-state index in [1.807, 2.05) is 6.08 Å². The summed E-state index contributed by atoms with van der Waals surface area (Å²) in [7, 11) is -2.41. The van der Waals surface area contributed by atoms with E-state index in [4.69, 9.17) is 4.74 Å². The molecule has 0 amide bonds. The van der Waals surface area contributed by atoms with E-state index < -0.39 is 8.07 Å². The van der Waals surface area contributed by atoms with E-state index in [-0.39, 0.29) is 16.4 Å². The van der Waals surface area contributed by atoms with Crippen LogP contribution in [0.1, 0.15) is 94.3 Å². The molecular formula is C48H56OSi. The van der Waals surface area contributed by atoms with Gasteiger partial charge in [0.05, 0.1) is 8.07 Å². The van der Waals surface area contributed by atoms with Crippen LogP contribution in [0.2, 0.25) is 13.1 Å². The summed E-state index contributed by atoms with van der Waals surface area (Å²) in [6, 6.07) is 37.4. The molecule has 50 heavy (non-hydrogen) atoms. The monoisotopic (exact) mass is 676 g/mol. The normalized spacial score (nSPS) is 13.2. The van der Waals surface area contributed by atoms with Crippen LogP contribution < -0.4 is 9.92 Å². The average molecular weight is 677 g/mol. The summed E-state index contributed by atoms with van der Waals surface area (Å²) in [5, 5.41) is 1.40. The fourth-order valence-electron chi connectivity index (χ4n) is 8.15. The minimum absolute atomic E-state index is 0.00421. The quantitative estimate of drug-likeness (QED) is 0.112. The lowest BCUT2D eigenvalue weighted by atomic mass is 9.80. The van der Waals surface area contributed by atoms with Crippen LogP contribution in [0.15, 0.2) is 110 Å². The first-order chi connectivity index (χ1) is 23.7. The second-order valence-corrected chi connectivity index (χ2v) is 21.3. The predicted octanol–water partition coefficient (Wildman–Crippen LogP) is 12.6. The molecule has 0 aliphatic heterocycles. The van der Waals surface area contributed by atoms with Crippen LogP contribution in [0.5, 0.6) is 5.75 Å². The first-order valence-corrected chi connectivity index (χ1v) is 21.7. The maximum Gasteiger partial charge on any atom is 0.122 e. The SMILES string of the molecule is C=CCOc1c(C(C)(C)C)cc(C(C)(C)C)cc1[Si](C)(C)C1c2cc(-c3ccccc3CC)ccc2-c2ccc(-c3ccccc3CC)cc21. The maximum absolute atomic E-state index is 6.80. The summed E-state index contributed by atoms with van der Waals surface area (Å²) in [5.41, 5.74) is 16.5. The van der Waals surface area contributed by atoms with Gasteiger partial charge in [0, 0.05) is 5.54 Å². The van der Waals surface area contributed by atoms with E-state index in [1.165, 1.54) is 71.9 Å². The van der Waals surface area contributed by atoms with Crippen molar-refractivity contribution < 1.29 is 4.74 Å². The highest BCUT2D eigenvalue weighted by Crippen LogP contribution is 2.52. The lowest BCUT2D eigenvalue weighted by Crippen LogP contribution is -2.49. The van der Waals surface area contributed by atoms with Crippen LogP contribution in [0.3, 0.4) is 0 Å². The van der Waals surface area contributed by atoms with Gasteiger partial charge in [0.15, 0.2) is 0 Å². The standard InChI is InChI=1S/C48H56OSi/c1-12-27-49-45-43(48(7,8)9)30-36(47(4,5)6)31-44(45)50(10,11)46-41-28-34(37-21-17-15-19-32(37)13-2)23-25-39(41)40-26-24-35(29-42(40)46)38-22-18-16-20-33(38)14-3/h12,15-26,28-31,46H,1,13-14,27H2,2-11H3. The zero-order chi connectivity index (χ0) is 36.0. The Balaban J connectivity index is 1.67. The molecule has 0 unspecified atom stereocenters. The molecule has 5 aromatic rings. The van der Waals surface area contributed by atoms with Crippen LogP contribution in [0.4, 0.5) is 0 Å². The predicted molar refractivity (Wildman–Crippen MR) is 220 cm³/mol. The van der Waals surface area contributed by atoms with Crippen molar-refractivity contribution in [3.8, 4) is 39.1 Å². The molecule has 0 bridgehead atoms. The van der Waals surface area contributed by atoms with Crippen LogP contribution in [-0.4, -0.2) is 14.7 Å². The Hall–Kier alpha value is -4.14. The number of hydrogen-bond acceptors (Lipinski definition) is 1. The first-order valence-electron chi connectivity index (χ1n) is 18.6. The molecule has 0 spiro atoms. The molecule has 0 radical (unpaired) electrons. The number of rotatable bonds is 9. The van der Waals surface area contributed by atoms with E-state index in [9.17, 15) is 0 Å². The molecule has 0 fully saturated rings. The van der Waals surface area contributed by atoms with Crippen molar-refractivity contribution in [2.45, 2.75) is 97.7 Å². The van der Waals surface area contributed by atoms with E-state index in [0.717, 1.165) is 18.6 Å². The molecule has 1 aliphatic rings. The van der Waals surface area contributed by atoms with Crippen molar-refractivity contribution >= 4 is 13.3 Å². The summed E-state index contributed by atoms with van der Waals surface area (Å²) in [5.74, 6) is 1.07. The number of fused-ring (bicyclic) bond motifs is 3. The van der Waals surface area contributed by atoms with Gasteiger partial charge in [-0.25, -0.2) is 0 Å². The number of aryl methyl sites for hydroxylation is 2. The molecule has 0 heterocycles. The lowest BCUT2D eigenvalue weighted by Gasteiger charge is -2.37. The van der Waals surface area contributed by atoms with Crippen molar-refractivity contribution in [3.63, 3.8) is 0 Å². The smallest absolute Gasteiger partial charge is 0.122 e. The van der Waals surface area contributed by atoms with Gasteiger partial charge in [0.1, 0.15) is 12.4 Å². The van der Waals surface area contributed by atoms with Crippen LogP contribution in [0.25, 0.3) is 33.4 Å². The summed E-state index contributed by atoms with van der Waals surface area (Å²) in [6.45, 7) is 28.2. The maximum atomic E-state index is 6.80. The van der Waals surface area contributed by atoms with E-state index in [1.54, 1.807) is 0 Å². The Morgan fingerprint density at radius 1 is 0.640 bits per heavy atom. The molecular weight excluding hydrogens is 621 g/mol. The molecule has 2 heteroatoms. The van der Waals surface area contributed by atoms with Gasteiger partial charge in [0.2, 0.25) is 0 Å². The molecule has 5 aromatic carbocycles. The van der Waals surface area contributed by atoms with Crippen LogP contribution in [0, 0.1) is 0 Å². The summed E-state index contributed by atoms with van der Waals surface area (Å²) >= 11 is 0. The van der Waals surface area contributed by atoms with Gasteiger partial charge < -0.3 is 4.74 Å². The van der Waals surface area contributed by atoms with Crippen molar-refractivity contribution in [3.05, 3.63) is 143 Å². The van der Waals surface area contributed by atoms with Gasteiger partial charge in [-0.05, 0) is 95.6 Å². The molecule has 0 atom stereocenters. The largest absolute Gasteiger partial charge is 0.489 e. The number of ether oxygens (including phenoxy) is 1. The molecule has 0 aromatic heterocycles. The Labute approximate surface area is 303 Å². The molecule has 0 saturated carbocycles. The Kier molecular flexibility index (Phi) is 9.65. The third-order valence-corrected chi connectivity index (χ3v) is 14.8. The number of benzene rings is 5. The van der Waals surface area contributed by atoms with Crippen molar-refractivity contribution in [1.29, 1.82) is 0 Å². The highest BCUT2D eigenvalue weighted by molar-refractivity contribution is 6.92. The fourth-order valence-corrected chi connectivity index (χ4v) is 11.8. The van der Waals surface area contributed by atoms with Crippen molar-refractivity contribution in [2.75, 3.05) is 6.61 Å². The van der Waals surface area contributed by atoms with Gasteiger partial charge in [-0.3, -0.25) is 0 Å². The van der Waals surface area contributed by atoms with Gasteiger partial charge in [-0.2, -0.15) is 0 Å². The highest BCUT2D eigenvalue weighted by Gasteiger charge is 2.45. The molecule has 1 aliphatic carbocycles. The molecule has 0 saturated heterocycles. The number of hydrogen-bond donors (Lipinski definition) is 0. The first kappa shape index (κ1) is 35.7. The van der Waals surface area contributed by atoms with Crippen molar-refractivity contribution in [2.24, 2.45) is 0 Å².